The molecule has 7 heteroatoms. The third-order valence-electron chi connectivity index (χ3n) is 4.95. The van der Waals surface area contributed by atoms with E-state index in [2.05, 4.69) is 10.5 Å². The zero-order chi connectivity index (χ0) is 22.5. The van der Waals surface area contributed by atoms with Gasteiger partial charge in [0.15, 0.2) is 6.10 Å². The maximum atomic E-state index is 12.4. The molecule has 1 atom stereocenters. The summed E-state index contributed by atoms with van der Waals surface area (Å²) in [5, 5.41) is 6.69. The molecule has 1 N–H and O–H groups in total. The van der Waals surface area contributed by atoms with Crippen LogP contribution in [0, 0.1) is 27.7 Å². The zero-order valence-electron chi connectivity index (χ0n) is 18.3. The Morgan fingerprint density at radius 3 is 2.39 bits per heavy atom. The van der Waals surface area contributed by atoms with Crippen molar-refractivity contribution < 1.29 is 23.6 Å². The molecule has 0 saturated carbocycles. The number of anilines is 1. The Morgan fingerprint density at radius 2 is 1.77 bits per heavy atom. The molecule has 0 spiro atoms. The Bertz CT molecular complexity index is 1070. The first-order chi connectivity index (χ1) is 14.7. The number of esters is 1. The summed E-state index contributed by atoms with van der Waals surface area (Å²) in [5.74, 6) is 0.336. The van der Waals surface area contributed by atoms with Gasteiger partial charge in [0.2, 0.25) is 0 Å². The molecule has 0 radical (unpaired) electrons. The highest BCUT2D eigenvalue weighted by atomic mass is 16.5. The monoisotopic (exact) mass is 422 g/mol. The smallest absolute Gasteiger partial charge is 0.338 e. The number of hydrogen-bond donors (Lipinski definition) is 1. The van der Waals surface area contributed by atoms with Crippen LogP contribution in [0.3, 0.4) is 0 Å². The van der Waals surface area contributed by atoms with E-state index in [1.165, 1.54) is 6.92 Å². The van der Waals surface area contributed by atoms with E-state index in [0.717, 1.165) is 22.4 Å². The molecule has 0 aliphatic rings. The summed E-state index contributed by atoms with van der Waals surface area (Å²) in [5.41, 5.74) is 4.75. The van der Waals surface area contributed by atoms with Gasteiger partial charge in [-0.3, -0.25) is 4.79 Å². The van der Waals surface area contributed by atoms with E-state index in [-0.39, 0.29) is 5.91 Å². The first-order valence-corrected chi connectivity index (χ1v) is 9.98. The minimum Gasteiger partial charge on any atom is -0.489 e. The van der Waals surface area contributed by atoms with E-state index in [9.17, 15) is 9.59 Å². The summed E-state index contributed by atoms with van der Waals surface area (Å²) in [6, 6.07) is 12.3. The van der Waals surface area contributed by atoms with Crippen LogP contribution in [0.2, 0.25) is 0 Å². The van der Waals surface area contributed by atoms with Crippen molar-refractivity contribution in [3.63, 3.8) is 0 Å². The number of aromatic nitrogens is 1. The van der Waals surface area contributed by atoms with Gasteiger partial charge < -0.3 is 19.3 Å². The SMILES string of the molecule is Cc1ccc(NC(=O)C(C)OC(=O)c2ccc(OCc3c(C)noc3C)cc2)c(C)c1. The van der Waals surface area contributed by atoms with Crippen LogP contribution >= 0.6 is 0 Å². The molecular formula is C24H26N2O5. The van der Waals surface area contributed by atoms with Gasteiger partial charge in [-0.25, -0.2) is 4.79 Å². The molecule has 3 rings (SSSR count). The van der Waals surface area contributed by atoms with Crippen LogP contribution in [0.15, 0.2) is 47.0 Å². The Hall–Kier alpha value is -3.61. The zero-order valence-corrected chi connectivity index (χ0v) is 18.3. The molecule has 0 saturated heterocycles. The largest absolute Gasteiger partial charge is 0.489 e. The van der Waals surface area contributed by atoms with Crippen LogP contribution < -0.4 is 10.1 Å². The first-order valence-electron chi connectivity index (χ1n) is 9.98. The van der Waals surface area contributed by atoms with Gasteiger partial charge in [0.25, 0.3) is 5.91 Å². The molecule has 3 aromatic rings. The molecule has 7 nitrogen and oxygen atoms in total. The Labute approximate surface area is 181 Å². The van der Waals surface area contributed by atoms with E-state index in [1.54, 1.807) is 24.3 Å². The van der Waals surface area contributed by atoms with E-state index in [0.29, 0.717) is 29.4 Å². The quantitative estimate of drug-likeness (QED) is 0.557. The molecule has 1 unspecified atom stereocenters. The molecular weight excluding hydrogens is 396 g/mol. The van der Waals surface area contributed by atoms with Gasteiger partial charge in [0.05, 0.1) is 16.8 Å². The maximum absolute atomic E-state index is 12.4. The fourth-order valence-electron chi connectivity index (χ4n) is 3.02. The Balaban J connectivity index is 1.55. The fraction of sp³-hybridized carbons (Fsp3) is 0.292. The van der Waals surface area contributed by atoms with Gasteiger partial charge >= 0.3 is 5.97 Å². The number of ether oxygens (including phenoxy) is 2. The van der Waals surface area contributed by atoms with E-state index in [4.69, 9.17) is 14.0 Å². The van der Waals surface area contributed by atoms with Gasteiger partial charge in [0, 0.05) is 5.69 Å². The van der Waals surface area contributed by atoms with Crippen molar-refractivity contribution in [3.05, 3.63) is 76.2 Å². The lowest BCUT2D eigenvalue weighted by atomic mass is 10.1. The minimum absolute atomic E-state index is 0.320. The predicted octanol–water partition coefficient (Wildman–Crippen LogP) is 4.67. The maximum Gasteiger partial charge on any atom is 0.338 e. The average Bonchev–Trinajstić information content (AvgIpc) is 3.06. The highest BCUT2D eigenvalue weighted by Crippen LogP contribution is 2.19. The number of rotatable bonds is 7. The molecule has 1 heterocycles. The van der Waals surface area contributed by atoms with Gasteiger partial charge in [0.1, 0.15) is 18.1 Å². The van der Waals surface area contributed by atoms with Gasteiger partial charge in [-0.05, 0) is 70.5 Å². The number of nitrogens with zero attached hydrogens (tertiary/aromatic N) is 1. The van der Waals surface area contributed by atoms with Crippen LogP contribution in [-0.2, 0) is 16.1 Å². The normalized spacial score (nSPS) is 11.6. The number of aryl methyl sites for hydroxylation is 4. The molecule has 1 amide bonds. The van der Waals surface area contributed by atoms with Crippen LogP contribution in [0.25, 0.3) is 0 Å². The molecule has 2 aromatic carbocycles. The highest BCUT2D eigenvalue weighted by Gasteiger charge is 2.20. The topological polar surface area (TPSA) is 90.7 Å². The van der Waals surface area contributed by atoms with Crippen molar-refractivity contribution in [2.45, 2.75) is 47.3 Å². The average molecular weight is 422 g/mol. The Kier molecular flexibility index (Phi) is 6.74. The summed E-state index contributed by atoms with van der Waals surface area (Å²) in [4.78, 5) is 24.8. The summed E-state index contributed by atoms with van der Waals surface area (Å²) < 4.78 is 16.2. The highest BCUT2D eigenvalue weighted by molar-refractivity contribution is 5.97. The number of nitrogens with one attached hydrogen (secondary N) is 1. The van der Waals surface area contributed by atoms with Crippen molar-refractivity contribution in [2.24, 2.45) is 0 Å². The minimum atomic E-state index is -0.941. The second-order valence-corrected chi connectivity index (χ2v) is 7.47. The molecule has 1 aromatic heterocycles. The predicted molar refractivity (Wildman–Crippen MR) is 116 cm³/mol. The second kappa shape index (κ2) is 9.47. The first kappa shape index (κ1) is 22.1. The summed E-state index contributed by atoms with van der Waals surface area (Å²) in [7, 11) is 0. The molecule has 0 bridgehead atoms. The lowest BCUT2D eigenvalue weighted by Gasteiger charge is -2.15. The van der Waals surface area contributed by atoms with Crippen molar-refractivity contribution in [1.29, 1.82) is 0 Å². The lowest BCUT2D eigenvalue weighted by molar-refractivity contribution is -0.123. The van der Waals surface area contributed by atoms with Crippen molar-refractivity contribution in [2.75, 3.05) is 5.32 Å². The third kappa shape index (κ3) is 5.51. The molecule has 0 aliphatic carbocycles. The van der Waals surface area contributed by atoms with E-state index >= 15 is 0 Å². The van der Waals surface area contributed by atoms with Crippen LogP contribution in [-0.4, -0.2) is 23.1 Å². The van der Waals surface area contributed by atoms with Gasteiger partial charge in [-0.15, -0.1) is 0 Å². The summed E-state index contributed by atoms with van der Waals surface area (Å²) >= 11 is 0. The van der Waals surface area contributed by atoms with E-state index < -0.39 is 12.1 Å². The van der Waals surface area contributed by atoms with E-state index in [1.807, 2.05) is 45.9 Å². The molecule has 162 valence electrons. The molecule has 0 fully saturated rings. The lowest BCUT2D eigenvalue weighted by Crippen LogP contribution is -2.30. The fourth-order valence-corrected chi connectivity index (χ4v) is 3.02. The molecule has 0 aliphatic heterocycles. The van der Waals surface area contributed by atoms with Crippen LogP contribution in [0.1, 0.15) is 45.4 Å². The molecule has 31 heavy (non-hydrogen) atoms. The number of amides is 1. The summed E-state index contributed by atoms with van der Waals surface area (Å²) in [6.07, 6.45) is -0.941. The third-order valence-corrected chi connectivity index (χ3v) is 4.95. The number of benzene rings is 2. The van der Waals surface area contributed by atoms with Gasteiger partial charge in [-0.2, -0.15) is 0 Å². The number of hydrogen-bond acceptors (Lipinski definition) is 6. The van der Waals surface area contributed by atoms with Crippen molar-refractivity contribution >= 4 is 17.6 Å². The number of carbonyl (C=O) groups excluding carboxylic acids is 2. The Morgan fingerprint density at radius 1 is 1.06 bits per heavy atom. The standard InChI is InChI=1S/C24H26N2O5/c1-14-6-11-22(15(2)12-14)25-23(27)18(5)30-24(28)19-7-9-20(10-8-19)29-13-21-16(3)26-31-17(21)4/h6-12,18H,13H2,1-5H3,(H,25,27). The van der Waals surface area contributed by atoms with Crippen molar-refractivity contribution in [1.82, 2.24) is 5.16 Å². The van der Waals surface area contributed by atoms with Gasteiger partial charge in [-0.1, -0.05) is 22.9 Å². The van der Waals surface area contributed by atoms with Crippen LogP contribution in [0.5, 0.6) is 5.75 Å². The second-order valence-electron chi connectivity index (χ2n) is 7.47. The summed E-state index contributed by atoms with van der Waals surface area (Å²) in [6.45, 7) is 9.43. The van der Waals surface area contributed by atoms with Crippen molar-refractivity contribution in [3.8, 4) is 5.75 Å². The van der Waals surface area contributed by atoms with Crippen LogP contribution in [0.4, 0.5) is 5.69 Å². The number of carbonyl (C=O) groups is 2.